The van der Waals surface area contributed by atoms with E-state index in [4.69, 9.17) is 16.3 Å². The lowest BCUT2D eigenvalue weighted by Gasteiger charge is -2.27. The minimum atomic E-state index is -0.224. The maximum Gasteiger partial charge on any atom is 0.320 e. The summed E-state index contributed by atoms with van der Waals surface area (Å²) in [6.07, 6.45) is 0.774. The molecule has 162 valence electrons. The molecular formula is C26H28ClNO3. The van der Waals surface area contributed by atoms with Gasteiger partial charge < -0.3 is 9.84 Å². The average molecular weight is 438 g/mol. The van der Waals surface area contributed by atoms with Gasteiger partial charge in [0.15, 0.2) is 0 Å². The lowest BCUT2D eigenvalue weighted by Crippen LogP contribution is -2.34. The molecule has 3 rings (SSSR count). The molecule has 0 aliphatic heterocycles. The van der Waals surface area contributed by atoms with Crippen molar-refractivity contribution in [2.45, 2.75) is 25.8 Å². The molecule has 0 bridgehead atoms. The molecule has 0 aliphatic carbocycles. The first kappa shape index (κ1) is 22.9. The molecule has 3 aromatic carbocycles. The van der Waals surface area contributed by atoms with Crippen molar-refractivity contribution in [1.29, 1.82) is 0 Å². The van der Waals surface area contributed by atoms with E-state index in [-0.39, 0.29) is 24.2 Å². The molecule has 5 heteroatoms. The van der Waals surface area contributed by atoms with Gasteiger partial charge in [-0.15, -0.1) is 0 Å². The van der Waals surface area contributed by atoms with Crippen LogP contribution in [0.4, 0.5) is 0 Å². The van der Waals surface area contributed by atoms with Gasteiger partial charge in [0, 0.05) is 24.0 Å². The fraction of sp³-hybridized carbons (Fsp3) is 0.269. The molecule has 0 amide bonds. The van der Waals surface area contributed by atoms with Crippen LogP contribution in [-0.2, 0) is 22.5 Å². The van der Waals surface area contributed by atoms with Crippen LogP contribution in [0.25, 0.3) is 0 Å². The Balaban J connectivity index is 1.84. The number of phenolic OH excluding ortho intramolecular Hbond substituents is 1. The van der Waals surface area contributed by atoms with E-state index >= 15 is 0 Å². The summed E-state index contributed by atoms with van der Waals surface area (Å²) in [5.74, 6) is 0.165. The van der Waals surface area contributed by atoms with E-state index in [1.54, 1.807) is 12.1 Å². The molecular weight excluding hydrogens is 410 g/mol. The maximum absolute atomic E-state index is 12.3. The number of ether oxygens (including phenoxy) is 1. The third-order valence-electron chi connectivity index (χ3n) is 5.15. The standard InChI is InChI=1S/C26H28ClNO3/c1-2-31-26(30)19-28(17-21-6-4-3-5-7-21)18-23(22-10-12-24(27)13-11-22)16-20-8-14-25(29)15-9-20/h3-15,23,29H,2,16-19H2,1H3. The second-order valence-corrected chi connectivity index (χ2v) is 8.02. The topological polar surface area (TPSA) is 49.8 Å². The Labute approximate surface area is 189 Å². The number of halogens is 1. The van der Waals surface area contributed by atoms with Crippen molar-refractivity contribution in [2.75, 3.05) is 19.7 Å². The lowest BCUT2D eigenvalue weighted by atomic mass is 9.91. The minimum Gasteiger partial charge on any atom is -0.508 e. The number of carbonyl (C=O) groups is 1. The summed E-state index contributed by atoms with van der Waals surface area (Å²) in [6, 6.07) is 25.3. The minimum absolute atomic E-state index is 0.139. The van der Waals surface area contributed by atoms with Gasteiger partial charge in [-0.25, -0.2) is 0 Å². The van der Waals surface area contributed by atoms with Crippen molar-refractivity contribution < 1.29 is 14.6 Å². The van der Waals surface area contributed by atoms with Gasteiger partial charge in [0.2, 0.25) is 0 Å². The lowest BCUT2D eigenvalue weighted by molar-refractivity contribution is -0.144. The van der Waals surface area contributed by atoms with E-state index in [1.165, 1.54) is 0 Å². The summed E-state index contributed by atoms with van der Waals surface area (Å²) in [6.45, 7) is 3.74. The Morgan fingerprint density at radius 3 is 2.29 bits per heavy atom. The molecule has 0 radical (unpaired) electrons. The van der Waals surface area contributed by atoms with Crippen LogP contribution in [-0.4, -0.2) is 35.7 Å². The number of nitrogens with zero attached hydrogens (tertiary/aromatic N) is 1. The number of rotatable bonds is 10. The Bertz CT molecular complexity index is 943. The number of carbonyl (C=O) groups excluding carboxylic acids is 1. The molecule has 0 aromatic heterocycles. The molecule has 0 heterocycles. The Morgan fingerprint density at radius 1 is 0.968 bits per heavy atom. The monoisotopic (exact) mass is 437 g/mol. The van der Waals surface area contributed by atoms with Gasteiger partial charge in [-0.2, -0.15) is 0 Å². The van der Waals surface area contributed by atoms with Crippen molar-refractivity contribution in [2.24, 2.45) is 0 Å². The Hall–Kier alpha value is -2.82. The highest BCUT2D eigenvalue weighted by Gasteiger charge is 2.20. The average Bonchev–Trinajstić information content (AvgIpc) is 2.76. The van der Waals surface area contributed by atoms with E-state index in [0.29, 0.717) is 24.7 Å². The zero-order chi connectivity index (χ0) is 22.1. The van der Waals surface area contributed by atoms with Crippen LogP contribution < -0.4 is 0 Å². The first-order valence-electron chi connectivity index (χ1n) is 10.5. The maximum atomic E-state index is 12.3. The molecule has 4 nitrogen and oxygen atoms in total. The van der Waals surface area contributed by atoms with Gasteiger partial charge >= 0.3 is 5.97 Å². The summed E-state index contributed by atoms with van der Waals surface area (Å²) < 4.78 is 5.22. The van der Waals surface area contributed by atoms with Crippen molar-refractivity contribution >= 4 is 17.6 Å². The van der Waals surface area contributed by atoms with Gasteiger partial charge in [-0.1, -0.05) is 66.2 Å². The first-order chi connectivity index (χ1) is 15.0. The summed E-state index contributed by atoms with van der Waals surface area (Å²) in [4.78, 5) is 14.4. The van der Waals surface area contributed by atoms with Crippen LogP contribution in [0.3, 0.4) is 0 Å². The zero-order valence-electron chi connectivity index (χ0n) is 17.7. The number of phenols is 1. The van der Waals surface area contributed by atoms with Crippen molar-refractivity contribution in [3.8, 4) is 5.75 Å². The van der Waals surface area contributed by atoms with E-state index in [9.17, 15) is 9.90 Å². The smallest absolute Gasteiger partial charge is 0.320 e. The summed E-state index contributed by atoms with van der Waals surface area (Å²) in [5.41, 5.74) is 3.42. The molecule has 0 aliphatic rings. The van der Waals surface area contributed by atoms with Gasteiger partial charge in [0.05, 0.1) is 13.2 Å². The normalized spacial score (nSPS) is 12.0. The van der Waals surface area contributed by atoms with Crippen LogP contribution in [0.1, 0.15) is 29.5 Å². The Morgan fingerprint density at radius 2 is 1.65 bits per heavy atom. The van der Waals surface area contributed by atoms with Crippen molar-refractivity contribution in [1.82, 2.24) is 4.90 Å². The molecule has 1 N–H and O–H groups in total. The number of aromatic hydroxyl groups is 1. The van der Waals surface area contributed by atoms with Gasteiger partial charge in [-0.05, 0) is 54.3 Å². The fourth-order valence-electron chi connectivity index (χ4n) is 3.67. The number of esters is 1. The predicted molar refractivity (Wildman–Crippen MR) is 124 cm³/mol. The first-order valence-corrected chi connectivity index (χ1v) is 10.9. The van der Waals surface area contributed by atoms with Crippen LogP contribution in [0.15, 0.2) is 78.9 Å². The van der Waals surface area contributed by atoms with Gasteiger partial charge in [-0.3, -0.25) is 9.69 Å². The predicted octanol–water partition coefficient (Wildman–Crippen LogP) is 5.44. The highest BCUT2D eigenvalue weighted by molar-refractivity contribution is 6.30. The highest BCUT2D eigenvalue weighted by atomic mass is 35.5. The molecule has 1 unspecified atom stereocenters. The third-order valence-corrected chi connectivity index (χ3v) is 5.40. The van der Waals surface area contributed by atoms with Crippen LogP contribution in [0.5, 0.6) is 5.75 Å². The number of benzene rings is 3. The van der Waals surface area contributed by atoms with Gasteiger partial charge in [0.1, 0.15) is 5.75 Å². The summed E-state index contributed by atoms with van der Waals surface area (Å²) in [5, 5.41) is 10.3. The van der Waals surface area contributed by atoms with Crippen molar-refractivity contribution in [3.05, 3.63) is 101 Å². The quantitative estimate of drug-likeness (QED) is 0.429. The number of hydrogen-bond acceptors (Lipinski definition) is 4. The summed E-state index contributed by atoms with van der Waals surface area (Å²) in [7, 11) is 0. The fourth-order valence-corrected chi connectivity index (χ4v) is 3.79. The molecule has 3 aromatic rings. The molecule has 31 heavy (non-hydrogen) atoms. The molecule has 0 spiro atoms. The second-order valence-electron chi connectivity index (χ2n) is 7.58. The van der Waals surface area contributed by atoms with E-state index in [2.05, 4.69) is 17.0 Å². The molecule has 0 saturated heterocycles. The Kier molecular flexibility index (Phi) is 8.51. The van der Waals surface area contributed by atoms with Crippen LogP contribution >= 0.6 is 11.6 Å². The molecule has 0 fully saturated rings. The SMILES string of the molecule is CCOC(=O)CN(Cc1ccccc1)CC(Cc1ccc(O)cc1)c1ccc(Cl)cc1. The van der Waals surface area contributed by atoms with Crippen LogP contribution in [0, 0.1) is 0 Å². The van der Waals surface area contributed by atoms with Crippen molar-refractivity contribution in [3.63, 3.8) is 0 Å². The number of hydrogen-bond donors (Lipinski definition) is 1. The van der Waals surface area contributed by atoms with E-state index in [1.807, 2.05) is 61.5 Å². The highest BCUT2D eigenvalue weighted by Crippen LogP contribution is 2.25. The molecule has 0 saturated carbocycles. The largest absolute Gasteiger partial charge is 0.508 e. The van der Waals surface area contributed by atoms with E-state index < -0.39 is 0 Å². The van der Waals surface area contributed by atoms with Crippen LogP contribution in [0.2, 0.25) is 5.02 Å². The molecule has 1 atom stereocenters. The van der Waals surface area contributed by atoms with Gasteiger partial charge in [0.25, 0.3) is 0 Å². The second kappa shape index (κ2) is 11.5. The van der Waals surface area contributed by atoms with E-state index in [0.717, 1.165) is 23.1 Å². The summed E-state index contributed by atoms with van der Waals surface area (Å²) >= 11 is 6.11. The zero-order valence-corrected chi connectivity index (χ0v) is 18.5. The third kappa shape index (κ3) is 7.42.